The molecule has 2 amide bonds. The number of amides is 2. The fraction of sp³-hybridized carbons (Fsp3) is 0.417. The Morgan fingerprint density at radius 3 is 2.36 bits per heavy atom. The average Bonchev–Trinajstić information content (AvgIpc) is 3.20. The second-order valence-corrected chi connectivity index (χ2v) is 9.69. The van der Waals surface area contributed by atoms with Crippen molar-refractivity contribution in [1.82, 2.24) is 9.21 Å². The summed E-state index contributed by atoms with van der Waals surface area (Å²) in [6.45, 7) is 7.73. The normalized spacial score (nSPS) is 14.1. The number of anilines is 1. The van der Waals surface area contributed by atoms with E-state index >= 15 is 0 Å². The Hall–Kier alpha value is -2.91. The molecular weight excluding hydrogens is 442 g/mol. The molecule has 33 heavy (non-hydrogen) atoms. The zero-order chi connectivity index (χ0) is 24.0. The Kier molecular flexibility index (Phi) is 8.10. The van der Waals surface area contributed by atoms with Crippen LogP contribution in [0.2, 0.25) is 0 Å². The summed E-state index contributed by atoms with van der Waals surface area (Å²) in [6.07, 6.45) is 1.47. The fourth-order valence-corrected chi connectivity index (χ4v) is 5.29. The van der Waals surface area contributed by atoms with Crippen LogP contribution in [0.4, 0.5) is 5.69 Å². The molecule has 2 aromatic carbocycles. The number of rotatable bonds is 10. The monoisotopic (exact) mass is 473 g/mol. The third-order valence-corrected chi connectivity index (χ3v) is 7.65. The fourth-order valence-electron chi connectivity index (χ4n) is 3.81. The number of benzene rings is 2. The van der Waals surface area contributed by atoms with Crippen LogP contribution in [0, 0.1) is 0 Å². The standard InChI is InChI=1S/C24H31N3O5S/c1-4-27(5-2)33(30,31)20-13-14-22(32-6-3)21(16-20)25-24(29)19-11-9-18(10-12-19)17-26-15-7-8-23(26)28/h9-14,16H,4-8,15,17H2,1-3H3,(H,25,29). The Balaban J connectivity index is 1.80. The van der Waals surface area contributed by atoms with Crippen LogP contribution in [0.5, 0.6) is 5.75 Å². The van der Waals surface area contributed by atoms with E-state index in [9.17, 15) is 18.0 Å². The van der Waals surface area contributed by atoms with Crippen molar-refractivity contribution in [2.75, 3.05) is 31.6 Å². The summed E-state index contributed by atoms with van der Waals surface area (Å²) in [5.74, 6) is 0.172. The predicted molar refractivity (Wildman–Crippen MR) is 127 cm³/mol. The molecule has 0 bridgehead atoms. The van der Waals surface area contributed by atoms with Crippen LogP contribution in [0.1, 0.15) is 49.5 Å². The highest BCUT2D eigenvalue weighted by Crippen LogP contribution is 2.30. The number of hydrogen-bond donors (Lipinski definition) is 1. The van der Waals surface area contributed by atoms with Crippen molar-refractivity contribution < 1.29 is 22.7 Å². The number of hydrogen-bond acceptors (Lipinski definition) is 5. The van der Waals surface area contributed by atoms with Gasteiger partial charge in [-0.2, -0.15) is 4.31 Å². The molecule has 2 aromatic rings. The Labute approximate surface area is 195 Å². The third kappa shape index (κ3) is 5.72. The van der Waals surface area contributed by atoms with E-state index in [0.29, 0.717) is 49.7 Å². The SMILES string of the molecule is CCOc1ccc(S(=O)(=O)N(CC)CC)cc1NC(=O)c1ccc(CN2CCCC2=O)cc1. The van der Waals surface area contributed by atoms with Gasteiger partial charge in [-0.3, -0.25) is 9.59 Å². The van der Waals surface area contributed by atoms with Crippen LogP contribution in [-0.2, 0) is 21.4 Å². The third-order valence-electron chi connectivity index (χ3n) is 5.60. The minimum atomic E-state index is -3.68. The number of carbonyl (C=O) groups is 2. The summed E-state index contributed by atoms with van der Waals surface area (Å²) in [6, 6.07) is 11.5. The summed E-state index contributed by atoms with van der Waals surface area (Å²) in [7, 11) is -3.68. The first kappa shape index (κ1) is 24.7. The topological polar surface area (TPSA) is 96.0 Å². The first-order valence-corrected chi connectivity index (χ1v) is 12.7. The molecule has 1 aliphatic heterocycles. The second kappa shape index (κ2) is 10.8. The van der Waals surface area contributed by atoms with E-state index in [1.807, 2.05) is 24.0 Å². The minimum Gasteiger partial charge on any atom is -0.492 e. The molecular formula is C24H31N3O5S. The Morgan fingerprint density at radius 2 is 1.79 bits per heavy atom. The highest BCUT2D eigenvalue weighted by atomic mass is 32.2. The zero-order valence-electron chi connectivity index (χ0n) is 19.3. The number of nitrogens with zero attached hydrogens (tertiary/aromatic N) is 2. The van der Waals surface area contributed by atoms with Gasteiger partial charge < -0.3 is 15.0 Å². The van der Waals surface area contributed by atoms with Gasteiger partial charge in [0.05, 0.1) is 17.2 Å². The van der Waals surface area contributed by atoms with Crippen LogP contribution in [0.25, 0.3) is 0 Å². The van der Waals surface area contributed by atoms with Crippen LogP contribution < -0.4 is 10.1 Å². The van der Waals surface area contributed by atoms with Crippen molar-refractivity contribution in [3.05, 3.63) is 53.6 Å². The molecule has 178 valence electrons. The van der Waals surface area contributed by atoms with Crippen molar-refractivity contribution in [3.63, 3.8) is 0 Å². The first-order chi connectivity index (χ1) is 15.8. The summed E-state index contributed by atoms with van der Waals surface area (Å²) < 4.78 is 32.8. The van der Waals surface area contributed by atoms with Crippen molar-refractivity contribution in [1.29, 1.82) is 0 Å². The lowest BCUT2D eigenvalue weighted by Crippen LogP contribution is -2.30. The van der Waals surface area contributed by atoms with E-state index in [-0.39, 0.29) is 16.7 Å². The maximum Gasteiger partial charge on any atom is 0.255 e. The van der Waals surface area contributed by atoms with Crippen LogP contribution >= 0.6 is 0 Å². The van der Waals surface area contributed by atoms with E-state index in [1.165, 1.54) is 16.4 Å². The van der Waals surface area contributed by atoms with Gasteiger partial charge >= 0.3 is 0 Å². The van der Waals surface area contributed by atoms with E-state index < -0.39 is 10.0 Å². The van der Waals surface area contributed by atoms with Gasteiger partial charge in [0.2, 0.25) is 15.9 Å². The molecule has 0 atom stereocenters. The lowest BCUT2D eigenvalue weighted by Gasteiger charge is -2.20. The maximum absolute atomic E-state index is 12.9. The van der Waals surface area contributed by atoms with E-state index in [0.717, 1.165) is 18.5 Å². The lowest BCUT2D eigenvalue weighted by atomic mass is 10.1. The summed E-state index contributed by atoms with van der Waals surface area (Å²) in [4.78, 5) is 26.6. The molecule has 3 rings (SSSR count). The van der Waals surface area contributed by atoms with Gasteiger partial charge in [-0.05, 0) is 49.2 Å². The van der Waals surface area contributed by atoms with E-state index in [4.69, 9.17) is 4.74 Å². The van der Waals surface area contributed by atoms with Gasteiger partial charge in [0.25, 0.3) is 5.91 Å². The Bertz CT molecular complexity index is 1100. The van der Waals surface area contributed by atoms with E-state index in [2.05, 4.69) is 5.32 Å². The molecule has 0 unspecified atom stereocenters. The van der Waals surface area contributed by atoms with Gasteiger partial charge in [0, 0.05) is 38.2 Å². The molecule has 0 radical (unpaired) electrons. The second-order valence-electron chi connectivity index (χ2n) is 7.75. The summed E-state index contributed by atoms with van der Waals surface area (Å²) in [5.41, 5.74) is 1.66. The smallest absolute Gasteiger partial charge is 0.255 e. The molecule has 0 aromatic heterocycles. The first-order valence-electron chi connectivity index (χ1n) is 11.2. The molecule has 1 aliphatic rings. The van der Waals surface area contributed by atoms with Gasteiger partial charge in [0.15, 0.2) is 0 Å². The highest BCUT2D eigenvalue weighted by molar-refractivity contribution is 7.89. The predicted octanol–water partition coefficient (Wildman–Crippen LogP) is 3.49. The van der Waals surface area contributed by atoms with Crippen LogP contribution in [0.15, 0.2) is 47.4 Å². The molecule has 1 saturated heterocycles. The van der Waals surface area contributed by atoms with Crippen LogP contribution in [-0.4, -0.2) is 55.7 Å². The number of nitrogens with one attached hydrogen (secondary N) is 1. The molecule has 0 aliphatic carbocycles. The lowest BCUT2D eigenvalue weighted by molar-refractivity contribution is -0.128. The molecule has 1 fully saturated rings. The van der Waals surface area contributed by atoms with Crippen LogP contribution in [0.3, 0.4) is 0 Å². The van der Waals surface area contributed by atoms with Gasteiger partial charge in [-0.15, -0.1) is 0 Å². The molecule has 1 N–H and O–H groups in total. The summed E-state index contributed by atoms with van der Waals surface area (Å²) >= 11 is 0. The quantitative estimate of drug-likeness (QED) is 0.570. The number of ether oxygens (including phenoxy) is 1. The molecule has 0 saturated carbocycles. The van der Waals surface area contributed by atoms with Gasteiger partial charge in [0.1, 0.15) is 5.75 Å². The van der Waals surface area contributed by atoms with Crippen molar-refractivity contribution in [3.8, 4) is 5.75 Å². The maximum atomic E-state index is 12.9. The summed E-state index contributed by atoms with van der Waals surface area (Å²) in [5, 5.41) is 2.79. The minimum absolute atomic E-state index is 0.0931. The van der Waals surface area contributed by atoms with Gasteiger partial charge in [-0.1, -0.05) is 26.0 Å². The number of sulfonamides is 1. The van der Waals surface area contributed by atoms with Crippen molar-refractivity contribution in [2.45, 2.75) is 45.1 Å². The Morgan fingerprint density at radius 1 is 1.09 bits per heavy atom. The zero-order valence-corrected chi connectivity index (χ0v) is 20.2. The number of carbonyl (C=O) groups excluding carboxylic acids is 2. The molecule has 9 heteroatoms. The molecule has 8 nitrogen and oxygen atoms in total. The van der Waals surface area contributed by atoms with E-state index in [1.54, 1.807) is 32.0 Å². The van der Waals surface area contributed by atoms with Crippen molar-refractivity contribution >= 4 is 27.5 Å². The average molecular weight is 474 g/mol. The number of likely N-dealkylation sites (tertiary alicyclic amines) is 1. The largest absolute Gasteiger partial charge is 0.492 e. The molecule has 1 heterocycles. The molecule has 0 spiro atoms. The van der Waals surface area contributed by atoms with Crippen molar-refractivity contribution in [2.24, 2.45) is 0 Å². The highest BCUT2D eigenvalue weighted by Gasteiger charge is 2.24. The van der Waals surface area contributed by atoms with Gasteiger partial charge in [-0.25, -0.2) is 8.42 Å².